The van der Waals surface area contributed by atoms with Crippen molar-refractivity contribution in [2.45, 2.75) is 17.0 Å². The molecule has 10 nitrogen and oxygen atoms in total. The predicted octanol–water partition coefficient (Wildman–Crippen LogP) is 2.64. The first-order valence-electron chi connectivity index (χ1n) is 12.3. The van der Waals surface area contributed by atoms with Crippen LogP contribution in [-0.2, 0) is 36.5 Å². The maximum Gasteiger partial charge on any atom is 0.296 e. The molecule has 0 aliphatic carbocycles. The number of Topliss-reactive ketones (excluding diaryl/α,β-unsaturated/α-hetero) is 1. The second-order valence-electron chi connectivity index (χ2n) is 9.55. The third-order valence-corrected chi connectivity index (χ3v) is 8.88. The third kappa shape index (κ3) is 3.85. The van der Waals surface area contributed by atoms with Gasteiger partial charge in [0, 0.05) is 50.7 Å². The van der Waals surface area contributed by atoms with Gasteiger partial charge >= 0.3 is 0 Å². The molecule has 0 bridgehead atoms. The molecule has 204 valence electrons. The Hall–Kier alpha value is -4.61. The number of carbonyl (C=O) groups is 3. The molecule has 1 spiro atoms. The van der Waals surface area contributed by atoms with Crippen LogP contribution in [0.5, 0.6) is 0 Å². The van der Waals surface area contributed by atoms with Crippen LogP contribution in [0.25, 0.3) is 5.76 Å². The maximum atomic E-state index is 14.4. The smallest absolute Gasteiger partial charge is 0.296 e. The Morgan fingerprint density at radius 2 is 1.82 bits per heavy atom. The van der Waals surface area contributed by atoms with Gasteiger partial charge in [0.25, 0.3) is 17.6 Å². The zero-order chi connectivity index (χ0) is 28.8. The van der Waals surface area contributed by atoms with Gasteiger partial charge in [0.05, 0.1) is 16.2 Å². The van der Waals surface area contributed by atoms with E-state index in [1.54, 1.807) is 42.6 Å². The van der Waals surface area contributed by atoms with E-state index in [-0.39, 0.29) is 23.5 Å². The first-order valence-corrected chi connectivity index (χ1v) is 13.7. The van der Waals surface area contributed by atoms with Crippen molar-refractivity contribution >= 4 is 39.1 Å². The van der Waals surface area contributed by atoms with Crippen molar-refractivity contribution < 1.29 is 27.9 Å². The minimum Gasteiger partial charge on any atom is -0.507 e. The Kier molecular flexibility index (Phi) is 6.64. The van der Waals surface area contributed by atoms with E-state index in [0.29, 0.717) is 16.8 Å². The fourth-order valence-electron chi connectivity index (χ4n) is 5.23. The molecule has 1 saturated heterocycles. The van der Waals surface area contributed by atoms with Gasteiger partial charge in [-0.25, -0.2) is 12.7 Å². The van der Waals surface area contributed by atoms with Crippen molar-refractivity contribution in [2.24, 2.45) is 0 Å². The summed E-state index contributed by atoms with van der Waals surface area (Å²) in [6, 6.07) is 15.5. The molecule has 2 aliphatic heterocycles. The van der Waals surface area contributed by atoms with Gasteiger partial charge in [0.15, 0.2) is 5.54 Å². The summed E-state index contributed by atoms with van der Waals surface area (Å²) >= 11 is 0. The Bertz CT molecular complexity index is 1700. The van der Waals surface area contributed by atoms with Gasteiger partial charge in [-0.3, -0.25) is 19.4 Å². The minimum absolute atomic E-state index is 0.0332. The fraction of sp³-hybridized carbons (Fsp3) is 0.172. The molecule has 40 heavy (non-hydrogen) atoms. The average Bonchev–Trinajstić information content (AvgIpc) is 3.32. The number of likely N-dealkylation sites (tertiary alicyclic amines) is 1. The molecule has 1 N–H and O–H groups in total. The first-order chi connectivity index (χ1) is 19.1. The van der Waals surface area contributed by atoms with Gasteiger partial charge in [-0.2, -0.15) is 0 Å². The van der Waals surface area contributed by atoms with E-state index in [4.69, 9.17) is 0 Å². The van der Waals surface area contributed by atoms with E-state index >= 15 is 0 Å². The van der Waals surface area contributed by atoms with Crippen LogP contribution < -0.4 is 4.90 Å². The number of aromatic nitrogens is 1. The summed E-state index contributed by atoms with van der Waals surface area (Å²) in [5, 5.41) is 11.7. The molecule has 5 rings (SSSR count). The van der Waals surface area contributed by atoms with E-state index in [1.165, 1.54) is 55.5 Å². The number of amides is 2. The van der Waals surface area contributed by atoms with Gasteiger partial charge < -0.3 is 14.9 Å². The van der Waals surface area contributed by atoms with Crippen LogP contribution in [0.2, 0.25) is 0 Å². The largest absolute Gasteiger partial charge is 0.507 e. The monoisotopic (exact) mass is 558 g/mol. The van der Waals surface area contributed by atoms with Gasteiger partial charge in [0.1, 0.15) is 5.76 Å². The summed E-state index contributed by atoms with van der Waals surface area (Å²) in [7, 11) is -1.15. The lowest BCUT2D eigenvalue weighted by Gasteiger charge is -2.34. The number of benzene rings is 2. The van der Waals surface area contributed by atoms with Gasteiger partial charge in [0.2, 0.25) is 10.0 Å². The summed E-state index contributed by atoms with van der Waals surface area (Å²) in [6.07, 6.45) is 4.61. The lowest BCUT2D eigenvalue weighted by Crippen LogP contribution is -2.51. The Balaban J connectivity index is 1.82. The van der Waals surface area contributed by atoms with Gasteiger partial charge in [-0.1, -0.05) is 42.5 Å². The van der Waals surface area contributed by atoms with Crippen LogP contribution in [0.3, 0.4) is 0 Å². The highest BCUT2D eigenvalue weighted by molar-refractivity contribution is 7.89. The second kappa shape index (κ2) is 9.85. The van der Waals surface area contributed by atoms with Crippen molar-refractivity contribution in [1.82, 2.24) is 14.2 Å². The van der Waals surface area contributed by atoms with Crippen molar-refractivity contribution in [2.75, 3.05) is 25.5 Å². The number of ketones is 1. The number of aliphatic hydroxyl groups is 1. The van der Waals surface area contributed by atoms with Gasteiger partial charge in [-0.05, 0) is 29.8 Å². The van der Waals surface area contributed by atoms with Crippen molar-refractivity contribution in [3.63, 3.8) is 0 Å². The molecule has 1 fully saturated rings. The Morgan fingerprint density at radius 3 is 2.50 bits per heavy atom. The lowest BCUT2D eigenvalue weighted by molar-refractivity contribution is -0.144. The van der Waals surface area contributed by atoms with E-state index in [9.17, 15) is 27.9 Å². The van der Waals surface area contributed by atoms with Crippen molar-refractivity contribution in [3.8, 4) is 0 Å². The van der Waals surface area contributed by atoms with E-state index in [2.05, 4.69) is 11.6 Å². The number of nitrogens with zero attached hydrogens (tertiary/aromatic N) is 4. The molecule has 3 aromatic rings. The molecule has 1 atom stereocenters. The normalized spacial score (nSPS) is 20.0. The number of para-hydroxylation sites is 1. The molecule has 2 aliphatic rings. The molecule has 2 amide bonds. The number of rotatable bonds is 7. The highest BCUT2D eigenvalue weighted by Crippen LogP contribution is 2.54. The zero-order valence-corrected chi connectivity index (χ0v) is 22.6. The zero-order valence-electron chi connectivity index (χ0n) is 21.8. The number of aliphatic hydroxyl groups excluding tert-OH is 1. The molecule has 1 aromatic heterocycles. The van der Waals surface area contributed by atoms with Gasteiger partial charge in [-0.15, -0.1) is 6.58 Å². The number of sulfonamides is 1. The van der Waals surface area contributed by atoms with E-state index < -0.39 is 44.5 Å². The highest BCUT2D eigenvalue weighted by atomic mass is 32.2. The van der Waals surface area contributed by atoms with Crippen LogP contribution in [0.15, 0.2) is 96.2 Å². The summed E-state index contributed by atoms with van der Waals surface area (Å²) < 4.78 is 26.6. The number of hydrogen-bond donors (Lipinski definition) is 1. The number of anilines is 1. The second-order valence-corrected chi connectivity index (χ2v) is 11.7. The van der Waals surface area contributed by atoms with Crippen LogP contribution in [-0.4, -0.2) is 66.0 Å². The number of fused-ring (bicyclic) bond motifs is 2. The van der Waals surface area contributed by atoms with Crippen LogP contribution in [0, 0.1) is 0 Å². The van der Waals surface area contributed by atoms with Crippen LogP contribution in [0.1, 0.15) is 16.7 Å². The standard InChI is InChI=1S/C29H26N4O6S/c1-4-15-32-23-13-6-5-12-22(23)29(28(32)37)24(26(35)27(36)33(29)18-19-9-8-14-30-17-19)25(34)20-10-7-11-21(16-20)40(38,39)31(2)3/h4-14,16-17,34H,1,15,18H2,2-3H3/b25-24+. The number of pyridine rings is 1. The van der Waals surface area contributed by atoms with Crippen LogP contribution >= 0.6 is 0 Å². The molecule has 3 heterocycles. The molecule has 0 saturated carbocycles. The summed E-state index contributed by atoms with van der Waals surface area (Å²) in [4.78, 5) is 48.3. The fourth-order valence-corrected chi connectivity index (χ4v) is 6.18. The molecule has 11 heteroatoms. The molecule has 0 radical (unpaired) electrons. The third-order valence-electron chi connectivity index (χ3n) is 7.07. The lowest BCUT2D eigenvalue weighted by atomic mass is 9.81. The highest BCUT2D eigenvalue weighted by Gasteiger charge is 2.67. The number of hydrogen-bond acceptors (Lipinski definition) is 7. The first kappa shape index (κ1) is 27.0. The minimum atomic E-state index is -3.89. The molecule has 2 aromatic carbocycles. The molecule has 1 unspecified atom stereocenters. The summed E-state index contributed by atoms with van der Waals surface area (Å²) in [5.74, 6) is -3.32. The Labute approximate surface area is 231 Å². The predicted molar refractivity (Wildman–Crippen MR) is 147 cm³/mol. The summed E-state index contributed by atoms with van der Waals surface area (Å²) in [6.45, 7) is 3.68. The van der Waals surface area contributed by atoms with Crippen LogP contribution in [0.4, 0.5) is 5.69 Å². The quantitative estimate of drug-likeness (QED) is 0.204. The van der Waals surface area contributed by atoms with E-state index in [1.807, 2.05) is 0 Å². The SMILES string of the molecule is C=CCN1C(=O)C2(/C(=C(/O)c3cccc(S(=O)(=O)N(C)C)c3)C(=O)C(=O)N2Cc2cccnc2)c2ccccc21. The molecular formula is C29H26N4O6S. The Morgan fingerprint density at radius 1 is 1.07 bits per heavy atom. The van der Waals surface area contributed by atoms with Crippen molar-refractivity contribution in [1.29, 1.82) is 0 Å². The van der Waals surface area contributed by atoms with E-state index in [0.717, 1.165) is 9.21 Å². The number of carbonyl (C=O) groups excluding carboxylic acids is 3. The van der Waals surface area contributed by atoms with Crippen molar-refractivity contribution in [3.05, 3.63) is 108 Å². The molecular weight excluding hydrogens is 532 g/mol. The topological polar surface area (TPSA) is 128 Å². The average molecular weight is 559 g/mol. The summed E-state index contributed by atoms with van der Waals surface area (Å²) in [5.41, 5.74) is -1.12. The maximum absolute atomic E-state index is 14.4.